The molecule has 1 amide bonds. The summed E-state index contributed by atoms with van der Waals surface area (Å²) in [4.78, 5) is 12.5. The third-order valence-corrected chi connectivity index (χ3v) is 6.01. The number of halogens is 3. The molecule has 2 N–H and O–H groups in total. The van der Waals surface area contributed by atoms with Gasteiger partial charge in [-0.2, -0.15) is 0 Å². The zero-order valence-electron chi connectivity index (χ0n) is 13.3. The number of carbonyl (C=O) groups excluding carboxylic acids is 1. The molecule has 0 aromatic heterocycles. The van der Waals surface area contributed by atoms with Gasteiger partial charge in [0, 0.05) is 10.0 Å². The Morgan fingerprint density at radius 1 is 1.20 bits per heavy atom. The third-order valence-electron chi connectivity index (χ3n) is 5.30. The second-order valence-corrected chi connectivity index (χ2v) is 7.65. The Morgan fingerprint density at radius 2 is 1.96 bits per heavy atom. The van der Waals surface area contributed by atoms with Crippen molar-refractivity contribution in [3.63, 3.8) is 0 Å². The fourth-order valence-electron chi connectivity index (χ4n) is 3.74. The van der Waals surface area contributed by atoms with Crippen molar-refractivity contribution >= 4 is 27.5 Å². The third kappa shape index (κ3) is 2.77. The number of aliphatic hydroxyl groups excluding tert-OH is 1. The SMILES string of the molecule is O=C(Nc1cc(F)cc(Br)c1CO)c1cc2c(cc1F)C1(CC2)CC1. The van der Waals surface area contributed by atoms with Gasteiger partial charge in [0.15, 0.2) is 0 Å². The summed E-state index contributed by atoms with van der Waals surface area (Å²) in [5.41, 5.74) is 2.60. The Labute approximate surface area is 152 Å². The summed E-state index contributed by atoms with van der Waals surface area (Å²) in [5, 5.41) is 12.0. The van der Waals surface area contributed by atoms with E-state index in [1.807, 2.05) is 0 Å². The van der Waals surface area contributed by atoms with E-state index in [1.165, 1.54) is 12.1 Å². The van der Waals surface area contributed by atoms with Crippen molar-refractivity contribution in [2.24, 2.45) is 0 Å². The number of hydrogen-bond acceptors (Lipinski definition) is 2. The first-order valence-corrected chi connectivity index (χ1v) is 8.96. The van der Waals surface area contributed by atoms with Crippen molar-refractivity contribution in [3.05, 3.63) is 62.6 Å². The number of fused-ring (bicyclic) bond motifs is 2. The number of anilines is 1. The van der Waals surface area contributed by atoms with Crippen molar-refractivity contribution in [1.82, 2.24) is 0 Å². The summed E-state index contributed by atoms with van der Waals surface area (Å²) in [7, 11) is 0. The molecule has 0 bridgehead atoms. The van der Waals surface area contributed by atoms with Gasteiger partial charge in [-0.1, -0.05) is 15.9 Å². The smallest absolute Gasteiger partial charge is 0.258 e. The Morgan fingerprint density at radius 3 is 2.64 bits per heavy atom. The van der Waals surface area contributed by atoms with Gasteiger partial charge in [-0.05, 0) is 66.5 Å². The van der Waals surface area contributed by atoms with E-state index in [4.69, 9.17) is 0 Å². The first kappa shape index (κ1) is 16.7. The molecule has 0 aliphatic heterocycles. The van der Waals surface area contributed by atoms with Crippen LogP contribution in [0.25, 0.3) is 0 Å². The maximum atomic E-state index is 14.5. The van der Waals surface area contributed by atoms with E-state index < -0.39 is 17.5 Å². The lowest BCUT2D eigenvalue weighted by Crippen LogP contribution is -2.16. The van der Waals surface area contributed by atoms with E-state index >= 15 is 0 Å². The predicted molar refractivity (Wildman–Crippen MR) is 93.6 cm³/mol. The molecule has 0 heterocycles. The Balaban J connectivity index is 1.67. The largest absolute Gasteiger partial charge is 0.392 e. The molecule has 4 rings (SSSR count). The number of carbonyl (C=O) groups is 1. The van der Waals surface area contributed by atoms with Gasteiger partial charge in [0.1, 0.15) is 11.6 Å². The maximum Gasteiger partial charge on any atom is 0.258 e. The standard InChI is InChI=1S/C19H16BrF2NO2/c20-15-6-11(21)7-17(13(15)9-24)23-18(25)12-5-10-1-2-19(3-4-19)14(10)8-16(12)22/h5-8,24H,1-4,9H2,(H,23,25). The Kier molecular flexibility index (Phi) is 3.92. The molecule has 130 valence electrons. The van der Waals surface area contributed by atoms with Gasteiger partial charge in [-0.15, -0.1) is 0 Å². The van der Waals surface area contributed by atoms with Gasteiger partial charge in [0.2, 0.25) is 0 Å². The molecule has 2 aromatic carbocycles. The van der Waals surface area contributed by atoms with Crippen molar-refractivity contribution in [2.75, 3.05) is 5.32 Å². The minimum Gasteiger partial charge on any atom is -0.392 e. The molecular weight excluding hydrogens is 392 g/mol. The molecule has 1 fully saturated rings. The molecule has 0 radical (unpaired) electrons. The molecule has 0 saturated heterocycles. The van der Waals surface area contributed by atoms with E-state index in [2.05, 4.69) is 21.2 Å². The number of nitrogens with one attached hydrogen (secondary N) is 1. The van der Waals surface area contributed by atoms with Gasteiger partial charge >= 0.3 is 0 Å². The summed E-state index contributed by atoms with van der Waals surface area (Å²) in [6, 6.07) is 5.41. The highest BCUT2D eigenvalue weighted by atomic mass is 79.9. The average molecular weight is 408 g/mol. The number of benzene rings is 2. The summed E-state index contributed by atoms with van der Waals surface area (Å²) in [6.07, 6.45) is 4.03. The molecule has 2 aliphatic carbocycles. The normalized spacial score (nSPS) is 16.8. The lowest BCUT2D eigenvalue weighted by atomic mass is 9.96. The quantitative estimate of drug-likeness (QED) is 0.789. The number of amides is 1. The molecule has 25 heavy (non-hydrogen) atoms. The van der Waals surface area contributed by atoms with Crippen LogP contribution < -0.4 is 5.32 Å². The second kappa shape index (κ2) is 5.88. The van der Waals surface area contributed by atoms with Crippen LogP contribution >= 0.6 is 15.9 Å². The first-order chi connectivity index (χ1) is 11.9. The van der Waals surface area contributed by atoms with Crippen molar-refractivity contribution < 1.29 is 18.7 Å². The van der Waals surface area contributed by atoms with E-state index in [0.717, 1.165) is 42.9 Å². The molecule has 0 atom stereocenters. The molecule has 3 nitrogen and oxygen atoms in total. The second-order valence-electron chi connectivity index (χ2n) is 6.80. The summed E-state index contributed by atoms with van der Waals surface area (Å²) in [5.74, 6) is -1.78. The highest BCUT2D eigenvalue weighted by Gasteiger charge is 2.48. The number of hydrogen-bond donors (Lipinski definition) is 2. The van der Waals surface area contributed by atoms with Gasteiger partial charge < -0.3 is 10.4 Å². The zero-order chi connectivity index (χ0) is 17.8. The van der Waals surface area contributed by atoms with E-state index in [0.29, 0.717) is 10.0 Å². The molecule has 2 aromatic rings. The monoisotopic (exact) mass is 407 g/mol. The van der Waals surface area contributed by atoms with E-state index in [9.17, 15) is 18.7 Å². The van der Waals surface area contributed by atoms with Crippen molar-refractivity contribution in [3.8, 4) is 0 Å². The fraction of sp³-hybridized carbons (Fsp3) is 0.316. The molecule has 1 spiro atoms. The van der Waals surface area contributed by atoms with Gasteiger partial charge in [-0.3, -0.25) is 4.79 Å². The summed E-state index contributed by atoms with van der Waals surface area (Å²) < 4.78 is 28.5. The van der Waals surface area contributed by atoms with Crippen LogP contribution in [-0.4, -0.2) is 11.0 Å². The lowest BCUT2D eigenvalue weighted by molar-refractivity contribution is 0.102. The Hall–Kier alpha value is -1.79. The van der Waals surface area contributed by atoms with Crippen LogP contribution in [0.15, 0.2) is 28.7 Å². The van der Waals surface area contributed by atoms with Crippen molar-refractivity contribution in [2.45, 2.75) is 37.7 Å². The topological polar surface area (TPSA) is 49.3 Å². The van der Waals surface area contributed by atoms with E-state index in [-0.39, 0.29) is 23.3 Å². The van der Waals surface area contributed by atoms with Crippen LogP contribution in [0.1, 0.15) is 46.3 Å². The van der Waals surface area contributed by atoms with E-state index in [1.54, 1.807) is 6.07 Å². The molecule has 2 aliphatic rings. The average Bonchev–Trinajstić information content (AvgIpc) is 3.25. The minimum atomic E-state index is -0.649. The van der Waals surface area contributed by atoms with Crippen LogP contribution in [0, 0.1) is 11.6 Å². The highest BCUT2D eigenvalue weighted by Crippen LogP contribution is 2.57. The van der Waals surface area contributed by atoms with Gasteiger partial charge in [0.25, 0.3) is 5.91 Å². The van der Waals surface area contributed by atoms with Crippen molar-refractivity contribution in [1.29, 1.82) is 0 Å². The van der Waals surface area contributed by atoms with Crippen LogP contribution in [0.4, 0.5) is 14.5 Å². The molecular formula is C19H16BrF2NO2. The molecule has 6 heteroatoms. The number of aryl methyl sites for hydroxylation is 1. The Bertz CT molecular complexity index is 893. The minimum absolute atomic E-state index is 0.0549. The summed E-state index contributed by atoms with van der Waals surface area (Å²) in [6.45, 7) is -0.383. The summed E-state index contributed by atoms with van der Waals surface area (Å²) >= 11 is 3.15. The van der Waals surface area contributed by atoms with Crippen LogP contribution in [-0.2, 0) is 18.4 Å². The van der Waals surface area contributed by atoms with Gasteiger partial charge in [-0.25, -0.2) is 8.78 Å². The van der Waals surface area contributed by atoms with Crippen LogP contribution in [0.3, 0.4) is 0 Å². The van der Waals surface area contributed by atoms with Gasteiger partial charge in [0.05, 0.1) is 17.9 Å². The number of rotatable bonds is 3. The van der Waals surface area contributed by atoms with Crippen LogP contribution in [0.5, 0.6) is 0 Å². The first-order valence-electron chi connectivity index (χ1n) is 8.16. The maximum absolute atomic E-state index is 14.5. The predicted octanol–water partition coefficient (Wildman–Crippen LogP) is 4.45. The molecule has 0 unspecified atom stereocenters. The van der Waals surface area contributed by atoms with Crippen LogP contribution in [0.2, 0.25) is 0 Å². The zero-order valence-corrected chi connectivity index (χ0v) is 14.9. The molecule has 1 saturated carbocycles. The highest BCUT2D eigenvalue weighted by molar-refractivity contribution is 9.10. The lowest BCUT2D eigenvalue weighted by Gasteiger charge is -2.14. The fourth-order valence-corrected chi connectivity index (χ4v) is 4.29. The number of aliphatic hydroxyl groups is 1.